The van der Waals surface area contributed by atoms with E-state index >= 15 is 0 Å². The topological polar surface area (TPSA) is 0 Å². The molecule has 1 fully saturated rings. The van der Waals surface area contributed by atoms with Crippen LogP contribution in [0.5, 0.6) is 0 Å². The van der Waals surface area contributed by atoms with E-state index in [-0.39, 0.29) is 0 Å². The van der Waals surface area contributed by atoms with E-state index < -0.39 is 0 Å². The molecule has 0 aromatic heterocycles. The average molecular weight is 206 g/mol. The fourth-order valence-corrected chi connectivity index (χ4v) is 2.82. The van der Waals surface area contributed by atoms with E-state index in [4.69, 9.17) is 0 Å². The van der Waals surface area contributed by atoms with E-state index in [2.05, 4.69) is 43.8 Å². The Morgan fingerprint density at radius 3 is 2.64 bits per heavy atom. The number of benzene rings is 1. The Balaban J connectivity index is 1.96. The summed E-state index contributed by atoms with van der Waals surface area (Å²) in [6.07, 6.45) is 4.06. The Morgan fingerprint density at radius 2 is 2.00 bits per heavy atom. The third-order valence-corrected chi connectivity index (χ3v) is 3.66. The third-order valence-electron chi connectivity index (χ3n) is 3.40. The van der Waals surface area contributed by atoms with Crippen molar-refractivity contribution in [1.82, 2.24) is 0 Å². The Labute approximate surface area is 92.1 Å². The van der Waals surface area contributed by atoms with Gasteiger partial charge >= 0.3 is 0 Å². The molecule has 0 spiro atoms. The van der Waals surface area contributed by atoms with Gasteiger partial charge in [-0.2, -0.15) is 12.6 Å². The van der Waals surface area contributed by atoms with Crippen LogP contribution < -0.4 is 0 Å². The van der Waals surface area contributed by atoms with Crippen molar-refractivity contribution in [3.05, 3.63) is 35.4 Å². The van der Waals surface area contributed by atoms with E-state index in [0.29, 0.717) is 0 Å². The summed E-state index contributed by atoms with van der Waals surface area (Å²) in [5.41, 5.74) is 3.03. The first kappa shape index (κ1) is 10.1. The summed E-state index contributed by atoms with van der Waals surface area (Å²) < 4.78 is 0. The van der Waals surface area contributed by atoms with Gasteiger partial charge in [-0.05, 0) is 54.9 Å². The molecule has 1 aliphatic carbocycles. The largest absolute Gasteiger partial charge is 0.179 e. The number of thiol groups is 1. The van der Waals surface area contributed by atoms with Crippen LogP contribution in [0.3, 0.4) is 0 Å². The van der Waals surface area contributed by atoms with Crippen molar-refractivity contribution < 1.29 is 0 Å². The Hall–Kier alpha value is -0.430. The van der Waals surface area contributed by atoms with Crippen molar-refractivity contribution in [3.8, 4) is 0 Å². The second-order valence-electron chi connectivity index (χ2n) is 4.40. The van der Waals surface area contributed by atoms with Crippen molar-refractivity contribution in [2.75, 3.05) is 5.75 Å². The first-order chi connectivity index (χ1) is 6.81. The van der Waals surface area contributed by atoms with E-state index in [9.17, 15) is 0 Å². The van der Waals surface area contributed by atoms with Gasteiger partial charge in [0.05, 0.1) is 0 Å². The van der Waals surface area contributed by atoms with Crippen LogP contribution in [-0.2, 0) is 0 Å². The molecule has 0 N–H and O–H groups in total. The summed E-state index contributed by atoms with van der Waals surface area (Å²) in [7, 11) is 0. The van der Waals surface area contributed by atoms with Gasteiger partial charge < -0.3 is 0 Å². The normalized spacial score (nSPS) is 25.9. The number of hydrogen-bond acceptors (Lipinski definition) is 1. The van der Waals surface area contributed by atoms with Crippen LogP contribution in [-0.4, -0.2) is 5.75 Å². The van der Waals surface area contributed by atoms with E-state index in [1.165, 1.54) is 24.8 Å². The highest BCUT2D eigenvalue weighted by Crippen LogP contribution is 2.44. The van der Waals surface area contributed by atoms with Gasteiger partial charge in [0.2, 0.25) is 0 Å². The quantitative estimate of drug-likeness (QED) is 0.714. The molecule has 0 bridgehead atoms. The molecule has 2 rings (SSSR count). The lowest BCUT2D eigenvalue weighted by atomic mass is 9.69. The highest BCUT2D eigenvalue weighted by molar-refractivity contribution is 7.80. The summed E-state index contributed by atoms with van der Waals surface area (Å²) in [5.74, 6) is 2.82. The number of aryl methyl sites for hydroxylation is 1. The second-order valence-corrected chi connectivity index (χ2v) is 4.85. The van der Waals surface area contributed by atoms with Gasteiger partial charge in [-0.1, -0.05) is 24.3 Å². The van der Waals surface area contributed by atoms with Crippen LogP contribution in [0.1, 0.15) is 36.3 Å². The molecule has 0 amide bonds. The Kier molecular flexibility index (Phi) is 3.17. The third kappa shape index (κ3) is 1.98. The average Bonchev–Trinajstić information content (AvgIpc) is 2.12. The van der Waals surface area contributed by atoms with Crippen LogP contribution in [0.15, 0.2) is 24.3 Å². The van der Waals surface area contributed by atoms with Gasteiger partial charge in [0.25, 0.3) is 0 Å². The summed E-state index contributed by atoms with van der Waals surface area (Å²) >= 11 is 4.29. The number of rotatable bonds is 3. The first-order valence-corrected chi connectivity index (χ1v) is 6.11. The van der Waals surface area contributed by atoms with Crippen molar-refractivity contribution >= 4 is 12.6 Å². The van der Waals surface area contributed by atoms with Crippen LogP contribution >= 0.6 is 12.6 Å². The SMILES string of the molecule is Cc1ccccc1C1CC(CCS)C1. The van der Waals surface area contributed by atoms with Crippen molar-refractivity contribution in [2.24, 2.45) is 5.92 Å². The molecule has 0 heterocycles. The summed E-state index contributed by atoms with van der Waals surface area (Å²) in [6, 6.07) is 8.80. The molecule has 1 saturated carbocycles. The predicted octanol–water partition coefficient (Wildman–Crippen LogP) is 3.81. The second kappa shape index (κ2) is 4.39. The lowest BCUT2D eigenvalue weighted by Crippen LogP contribution is -2.22. The van der Waals surface area contributed by atoms with Gasteiger partial charge in [-0.15, -0.1) is 0 Å². The molecular formula is C13H18S. The van der Waals surface area contributed by atoms with Crippen molar-refractivity contribution in [1.29, 1.82) is 0 Å². The summed E-state index contributed by atoms with van der Waals surface area (Å²) in [6.45, 7) is 2.22. The molecule has 0 saturated heterocycles. The zero-order valence-electron chi connectivity index (χ0n) is 8.74. The van der Waals surface area contributed by atoms with Gasteiger partial charge in [-0.3, -0.25) is 0 Å². The molecule has 0 aliphatic heterocycles. The standard InChI is InChI=1S/C13H18S/c1-10-4-2-3-5-13(10)12-8-11(9-12)6-7-14/h2-5,11-12,14H,6-9H2,1H3. The minimum atomic E-state index is 0.834. The fourth-order valence-electron chi connectivity index (χ4n) is 2.45. The monoisotopic (exact) mass is 206 g/mol. The van der Waals surface area contributed by atoms with E-state index in [1.54, 1.807) is 5.56 Å². The lowest BCUT2D eigenvalue weighted by molar-refractivity contribution is 0.257. The van der Waals surface area contributed by atoms with Crippen molar-refractivity contribution in [3.63, 3.8) is 0 Å². The van der Waals surface area contributed by atoms with E-state index in [1.807, 2.05) is 0 Å². The lowest BCUT2D eigenvalue weighted by Gasteiger charge is -2.36. The fraction of sp³-hybridized carbons (Fsp3) is 0.538. The molecule has 1 aromatic rings. The minimum absolute atomic E-state index is 0.834. The van der Waals surface area contributed by atoms with Crippen LogP contribution in [0.25, 0.3) is 0 Å². The predicted molar refractivity (Wildman–Crippen MR) is 65.1 cm³/mol. The maximum absolute atomic E-state index is 4.29. The molecule has 76 valence electrons. The molecule has 14 heavy (non-hydrogen) atoms. The Morgan fingerprint density at radius 1 is 1.29 bits per heavy atom. The zero-order valence-corrected chi connectivity index (χ0v) is 9.63. The molecule has 1 aromatic carbocycles. The minimum Gasteiger partial charge on any atom is -0.179 e. The summed E-state index contributed by atoms with van der Waals surface area (Å²) in [5, 5.41) is 0. The molecule has 1 aliphatic rings. The highest BCUT2D eigenvalue weighted by Gasteiger charge is 2.29. The van der Waals surface area contributed by atoms with Crippen molar-refractivity contribution in [2.45, 2.75) is 32.1 Å². The number of hydrogen-bond donors (Lipinski definition) is 1. The summed E-state index contributed by atoms with van der Waals surface area (Å²) in [4.78, 5) is 0. The molecule has 1 heteroatoms. The van der Waals surface area contributed by atoms with Gasteiger partial charge in [-0.25, -0.2) is 0 Å². The van der Waals surface area contributed by atoms with Crippen LogP contribution in [0.4, 0.5) is 0 Å². The van der Waals surface area contributed by atoms with Crippen LogP contribution in [0, 0.1) is 12.8 Å². The molecule has 0 atom stereocenters. The highest BCUT2D eigenvalue weighted by atomic mass is 32.1. The maximum atomic E-state index is 4.29. The van der Waals surface area contributed by atoms with Gasteiger partial charge in [0.15, 0.2) is 0 Å². The smallest absolute Gasteiger partial charge is 0.00953 e. The molecular weight excluding hydrogens is 188 g/mol. The van der Waals surface area contributed by atoms with Gasteiger partial charge in [0, 0.05) is 0 Å². The molecule has 0 radical (unpaired) electrons. The molecule has 0 nitrogen and oxygen atoms in total. The Bertz CT molecular complexity index is 300. The van der Waals surface area contributed by atoms with E-state index in [0.717, 1.165) is 17.6 Å². The van der Waals surface area contributed by atoms with Gasteiger partial charge in [0.1, 0.15) is 0 Å². The van der Waals surface area contributed by atoms with Crippen LogP contribution in [0.2, 0.25) is 0 Å². The maximum Gasteiger partial charge on any atom is -0.00953 e. The zero-order chi connectivity index (χ0) is 9.97. The molecule has 0 unspecified atom stereocenters. The first-order valence-electron chi connectivity index (χ1n) is 5.47.